The quantitative estimate of drug-likeness (QED) is 0.789. The lowest BCUT2D eigenvalue weighted by Gasteiger charge is -2.16. The molecular formula is C13H21N3. The Kier molecular flexibility index (Phi) is 3.78. The Balaban J connectivity index is 1.83. The van der Waals surface area contributed by atoms with E-state index in [0.717, 1.165) is 12.8 Å². The van der Waals surface area contributed by atoms with Gasteiger partial charge in [0, 0.05) is 19.3 Å². The molecule has 0 aromatic carbocycles. The van der Waals surface area contributed by atoms with Gasteiger partial charge in [-0.2, -0.15) is 5.10 Å². The van der Waals surface area contributed by atoms with Gasteiger partial charge in [-0.05, 0) is 44.1 Å². The van der Waals surface area contributed by atoms with Crippen LogP contribution in [0.15, 0.2) is 24.0 Å². The number of nitrogens with two attached hydrogens (primary N) is 1. The molecule has 2 N–H and O–H groups in total. The van der Waals surface area contributed by atoms with Gasteiger partial charge in [-0.25, -0.2) is 0 Å². The summed E-state index contributed by atoms with van der Waals surface area (Å²) >= 11 is 0. The number of aryl methyl sites for hydroxylation is 1. The Morgan fingerprint density at radius 1 is 1.44 bits per heavy atom. The van der Waals surface area contributed by atoms with E-state index in [4.69, 9.17) is 5.73 Å². The summed E-state index contributed by atoms with van der Waals surface area (Å²) in [6.45, 7) is 0. The molecule has 1 heterocycles. The fourth-order valence-electron chi connectivity index (χ4n) is 2.38. The lowest BCUT2D eigenvalue weighted by atomic mass is 9.93. The molecule has 3 heteroatoms. The average molecular weight is 219 g/mol. The fourth-order valence-corrected chi connectivity index (χ4v) is 2.38. The van der Waals surface area contributed by atoms with Crippen molar-refractivity contribution in [3.05, 3.63) is 29.6 Å². The van der Waals surface area contributed by atoms with Gasteiger partial charge in [0.25, 0.3) is 0 Å². The van der Waals surface area contributed by atoms with Gasteiger partial charge in [-0.3, -0.25) is 4.68 Å². The number of rotatable bonds is 4. The topological polar surface area (TPSA) is 43.8 Å². The Hall–Kier alpha value is -1.09. The lowest BCUT2D eigenvalue weighted by molar-refractivity contribution is 0.605. The molecule has 1 aromatic rings. The van der Waals surface area contributed by atoms with Crippen LogP contribution in [0.3, 0.4) is 0 Å². The van der Waals surface area contributed by atoms with E-state index in [0.29, 0.717) is 0 Å². The summed E-state index contributed by atoms with van der Waals surface area (Å²) in [6, 6.07) is 0.244. The zero-order valence-corrected chi connectivity index (χ0v) is 10.0. The normalized spacial score (nSPS) is 18.2. The first-order valence-corrected chi connectivity index (χ1v) is 6.15. The molecule has 0 bridgehead atoms. The molecule has 1 aromatic heterocycles. The SMILES string of the molecule is Cn1cc(CC(N)CC2=CCCCC2)cn1. The number of nitrogens with zero attached hydrogens (tertiary/aromatic N) is 2. The van der Waals surface area contributed by atoms with Crippen molar-refractivity contribution in [2.75, 3.05) is 0 Å². The summed E-state index contributed by atoms with van der Waals surface area (Å²) in [4.78, 5) is 0. The number of hydrogen-bond donors (Lipinski definition) is 1. The predicted molar refractivity (Wildman–Crippen MR) is 66.1 cm³/mol. The van der Waals surface area contributed by atoms with Crippen molar-refractivity contribution in [2.45, 2.75) is 44.6 Å². The van der Waals surface area contributed by atoms with Crippen LogP contribution in [0.2, 0.25) is 0 Å². The molecule has 0 saturated carbocycles. The summed E-state index contributed by atoms with van der Waals surface area (Å²) in [7, 11) is 1.94. The van der Waals surface area contributed by atoms with E-state index in [2.05, 4.69) is 17.4 Å². The van der Waals surface area contributed by atoms with Crippen LogP contribution in [-0.4, -0.2) is 15.8 Å². The largest absolute Gasteiger partial charge is 0.327 e. The number of aromatic nitrogens is 2. The van der Waals surface area contributed by atoms with Gasteiger partial charge >= 0.3 is 0 Å². The van der Waals surface area contributed by atoms with Crippen molar-refractivity contribution in [1.29, 1.82) is 0 Å². The highest BCUT2D eigenvalue weighted by Gasteiger charge is 2.10. The second-order valence-corrected chi connectivity index (χ2v) is 4.80. The fraction of sp³-hybridized carbons (Fsp3) is 0.615. The van der Waals surface area contributed by atoms with Gasteiger partial charge in [-0.1, -0.05) is 11.6 Å². The van der Waals surface area contributed by atoms with E-state index in [9.17, 15) is 0 Å². The highest BCUT2D eigenvalue weighted by Crippen LogP contribution is 2.21. The Bertz CT molecular complexity index is 365. The molecule has 2 rings (SSSR count). The van der Waals surface area contributed by atoms with E-state index in [1.165, 1.54) is 31.2 Å². The van der Waals surface area contributed by atoms with Gasteiger partial charge in [0.15, 0.2) is 0 Å². The van der Waals surface area contributed by atoms with Crippen LogP contribution in [0.1, 0.15) is 37.7 Å². The molecule has 0 saturated heterocycles. The van der Waals surface area contributed by atoms with Crippen molar-refractivity contribution in [1.82, 2.24) is 9.78 Å². The molecule has 3 nitrogen and oxygen atoms in total. The molecule has 1 atom stereocenters. The van der Waals surface area contributed by atoms with Crippen molar-refractivity contribution >= 4 is 0 Å². The standard InChI is InChI=1S/C13H21N3/c1-16-10-12(9-15-16)8-13(14)7-11-5-3-2-4-6-11/h5,9-10,13H,2-4,6-8,14H2,1H3. The third-order valence-corrected chi connectivity index (χ3v) is 3.17. The van der Waals surface area contributed by atoms with Crippen molar-refractivity contribution < 1.29 is 0 Å². The van der Waals surface area contributed by atoms with Gasteiger partial charge < -0.3 is 5.73 Å². The highest BCUT2D eigenvalue weighted by molar-refractivity contribution is 5.11. The first kappa shape index (κ1) is 11.4. The molecule has 1 unspecified atom stereocenters. The molecule has 1 aliphatic rings. The molecule has 0 spiro atoms. The summed E-state index contributed by atoms with van der Waals surface area (Å²) < 4.78 is 1.84. The maximum Gasteiger partial charge on any atom is 0.0522 e. The minimum Gasteiger partial charge on any atom is -0.327 e. The molecule has 0 fully saturated rings. The van der Waals surface area contributed by atoms with Crippen LogP contribution >= 0.6 is 0 Å². The van der Waals surface area contributed by atoms with Crippen LogP contribution in [-0.2, 0) is 13.5 Å². The molecule has 16 heavy (non-hydrogen) atoms. The smallest absolute Gasteiger partial charge is 0.0522 e. The minimum absolute atomic E-state index is 0.244. The first-order valence-electron chi connectivity index (χ1n) is 6.15. The summed E-state index contributed by atoms with van der Waals surface area (Å²) in [5, 5.41) is 4.16. The van der Waals surface area contributed by atoms with E-state index in [-0.39, 0.29) is 6.04 Å². The third kappa shape index (κ3) is 3.20. The Labute approximate surface area is 97.3 Å². The second-order valence-electron chi connectivity index (χ2n) is 4.80. The molecule has 0 aliphatic heterocycles. The second kappa shape index (κ2) is 5.30. The van der Waals surface area contributed by atoms with E-state index in [1.807, 2.05) is 17.9 Å². The Morgan fingerprint density at radius 2 is 2.31 bits per heavy atom. The van der Waals surface area contributed by atoms with Gasteiger partial charge in [0.1, 0.15) is 0 Å². The lowest BCUT2D eigenvalue weighted by Crippen LogP contribution is -2.23. The van der Waals surface area contributed by atoms with Crippen LogP contribution < -0.4 is 5.73 Å². The van der Waals surface area contributed by atoms with Gasteiger partial charge in [0.2, 0.25) is 0 Å². The zero-order chi connectivity index (χ0) is 11.4. The van der Waals surface area contributed by atoms with Gasteiger partial charge in [-0.15, -0.1) is 0 Å². The monoisotopic (exact) mass is 219 g/mol. The maximum absolute atomic E-state index is 6.17. The van der Waals surface area contributed by atoms with E-state index < -0.39 is 0 Å². The number of hydrogen-bond acceptors (Lipinski definition) is 2. The van der Waals surface area contributed by atoms with Gasteiger partial charge in [0.05, 0.1) is 6.20 Å². The minimum atomic E-state index is 0.244. The molecule has 0 amide bonds. The van der Waals surface area contributed by atoms with Crippen LogP contribution in [0.4, 0.5) is 0 Å². The summed E-state index contributed by atoms with van der Waals surface area (Å²) in [5.41, 5.74) is 8.97. The molecule has 1 aliphatic carbocycles. The molecular weight excluding hydrogens is 198 g/mol. The van der Waals surface area contributed by atoms with Crippen LogP contribution in [0.5, 0.6) is 0 Å². The molecule has 0 radical (unpaired) electrons. The first-order chi connectivity index (χ1) is 7.74. The van der Waals surface area contributed by atoms with Crippen molar-refractivity contribution in [2.24, 2.45) is 12.8 Å². The predicted octanol–water partition coefficient (Wildman–Crippen LogP) is 2.18. The van der Waals surface area contributed by atoms with Crippen LogP contribution in [0, 0.1) is 0 Å². The number of allylic oxidation sites excluding steroid dienone is 1. The third-order valence-electron chi connectivity index (χ3n) is 3.17. The van der Waals surface area contributed by atoms with Crippen molar-refractivity contribution in [3.63, 3.8) is 0 Å². The van der Waals surface area contributed by atoms with E-state index in [1.54, 1.807) is 5.57 Å². The Morgan fingerprint density at radius 3 is 2.94 bits per heavy atom. The average Bonchev–Trinajstić information content (AvgIpc) is 2.65. The summed E-state index contributed by atoms with van der Waals surface area (Å²) in [5.74, 6) is 0. The van der Waals surface area contributed by atoms with Crippen LogP contribution in [0.25, 0.3) is 0 Å². The molecule has 88 valence electrons. The highest BCUT2D eigenvalue weighted by atomic mass is 15.2. The maximum atomic E-state index is 6.17. The zero-order valence-electron chi connectivity index (χ0n) is 10.0. The summed E-state index contributed by atoms with van der Waals surface area (Å²) in [6.07, 6.45) is 13.5. The van der Waals surface area contributed by atoms with Crippen molar-refractivity contribution in [3.8, 4) is 0 Å². The van der Waals surface area contributed by atoms with E-state index >= 15 is 0 Å².